The van der Waals surface area contributed by atoms with Crippen molar-refractivity contribution in [3.63, 3.8) is 0 Å². The minimum Gasteiger partial charge on any atom is -0.394 e. The summed E-state index contributed by atoms with van der Waals surface area (Å²) in [6.07, 6.45) is 1.43. The number of benzene rings is 1. The predicted molar refractivity (Wildman–Crippen MR) is 88.4 cm³/mol. The van der Waals surface area contributed by atoms with E-state index in [-0.39, 0.29) is 35.8 Å². The van der Waals surface area contributed by atoms with E-state index in [2.05, 4.69) is 5.10 Å². The molecule has 0 bridgehead atoms. The van der Waals surface area contributed by atoms with Crippen LogP contribution in [0.4, 0.5) is 5.82 Å². The number of nitrogens with two attached hydrogens (primary N) is 1. The molecule has 1 heterocycles. The predicted octanol–water partition coefficient (Wildman–Crippen LogP) is 2.70. The second-order valence-corrected chi connectivity index (χ2v) is 5.34. The lowest BCUT2D eigenvalue weighted by molar-refractivity contribution is 0.270. The average Bonchev–Trinajstić information content (AvgIpc) is 2.81. The summed E-state index contributed by atoms with van der Waals surface area (Å²) in [5, 5.41) is 32.5. The van der Waals surface area contributed by atoms with Gasteiger partial charge in [-0.15, -0.1) is 0 Å². The first kappa shape index (κ1) is 16.9. The van der Waals surface area contributed by atoms with Crippen molar-refractivity contribution in [2.75, 3.05) is 12.3 Å². The van der Waals surface area contributed by atoms with Crippen LogP contribution < -0.4 is 5.73 Å². The third-order valence-electron chi connectivity index (χ3n) is 3.07. The number of aromatic nitrogens is 2. The zero-order valence-corrected chi connectivity index (χ0v) is 13.3. The Morgan fingerprint density at radius 1 is 1.39 bits per heavy atom. The van der Waals surface area contributed by atoms with Crippen LogP contribution >= 0.6 is 23.2 Å². The highest BCUT2D eigenvalue weighted by Crippen LogP contribution is 2.29. The molecule has 2 aromatic rings. The first-order chi connectivity index (χ1) is 11.0. The third-order valence-corrected chi connectivity index (χ3v) is 3.61. The number of anilines is 1. The summed E-state index contributed by atoms with van der Waals surface area (Å²) in [6.45, 7) is -0.0219. The lowest BCUT2D eigenvalue weighted by Gasteiger charge is -2.02. The van der Waals surface area contributed by atoms with Crippen LogP contribution in [0.3, 0.4) is 0 Å². The molecule has 0 aliphatic rings. The van der Waals surface area contributed by atoms with Crippen LogP contribution in [0.15, 0.2) is 18.2 Å². The molecular formula is C15H11Cl2N5O. The fourth-order valence-corrected chi connectivity index (χ4v) is 2.50. The van der Waals surface area contributed by atoms with Crippen LogP contribution in [-0.2, 0) is 6.54 Å². The summed E-state index contributed by atoms with van der Waals surface area (Å²) in [7, 11) is 0. The molecule has 0 spiro atoms. The second-order valence-electron chi connectivity index (χ2n) is 4.50. The van der Waals surface area contributed by atoms with Crippen molar-refractivity contribution >= 4 is 40.7 Å². The molecule has 3 N–H and O–H groups in total. The Balaban J connectivity index is 2.57. The first-order valence-corrected chi connectivity index (χ1v) is 7.21. The number of nitriles is 2. The molecule has 1 aromatic heterocycles. The van der Waals surface area contributed by atoms with Gasteiger partial charge in [-0.25, -0.2) is 4.68 Å². The number of nitrogens with zero attached hydrogens (tertiary/aromatic N) is 4. The van der Waals surface area contributed by atoms with E-state index in [0.717, 1.165) is 0 Å². The molecule has 2 rings (SSSR count). The number of nitrogen functional groups attached to an aromatic ring is 1. The summed E-state index contributed by atoms with van der Waals surface area (Å²) in [4.78, 5) is 0. The summed E-state index contributed by atoms with van der Waals surface area (Å²) in [5.41, 5.74) is 6.88. The number of rotatable bonds is 4. The van der Waals surface area contributed by atoms with Crippen molar-refractivity contribution in [2.45, 2.75) is 6.54 Å². The average molecular weight is 348 g/mol. The van der Waals surface area contributed by atoms with Gasteiger partial charge in [-0.3, -0.25) is 0 Å². The topological polar surface area (TPSA) is 112 Å². The molecule has 0 fully saturated rings. The van der Waals surface area contributed by atoms with E-state index in [4.69, 9.17) is 34.0 Å². The van der Waals surface area contributed by atoms with Crippen LogP contribution in [0.1, 0.15) is 16.8 Å². The highest BCUT2D eigenvalue weighted by molar-refractivity contribution is 6.36. The lowest BCUT2D eigenvalue weighted by Crippen LogP contribution is -2.07. The Hall–Kier alpha value is -2.51. The van der Waals surface area contributed by atoms with E-state index < -0.39 is 0 Å². The molecule has 0 unspecified atom stereocenters. The SMILES string of the molecule is N#C/C(=C\c1nn(CCO)c(N)c1C#N)c1ccc(Cl)cc1Cl. The van der Waals surface area contributed by atoms with Crippen LogP contribution in [0.2, 0.25) is 10.0 Å². The van der Waals surface area contributed by atoms with Crippen LogP contribution in [0.25, 0.3) is 11.6 Å². The minimum atomic E-state index is -0.173. The highest BCUT2D eigenvalue weighted by atomic mass is 35.5. The maximum absolute atomic E-state index is 9.38. The minimum absolute atomic E-state index is 0.132. The molecule has 116 valence electrons. The quantitative estimate of drug-likeness (QED) is 0.825. The fourth-order valence-electron chi connectivity index (χ4n) is 1.99. The van der Waals surface area contributed by atoms with Gasteiger partial charge in [0.05, 0.1) is 29.8 Å². The van der Waals surface area contributed by atoms with Gasteiger partial charge in [-0.05, 0) is 18.2 Å². The molecule has 0 amide bonds. The molecule has 0 atom stereocenters. The normalized spacial score (nSPS) is 11.1. The molecule has 0 radical (unpaired) electrons. The smallest absolute Gasteiger partial charge is 0.140 e. The molecule has 23 heavy (non-hydrogen) atoms. The largest absolute Gasteiger partial charge is 0.394 e. The van der Waals surface area contributed by atoms with Crippen molar-refractivity contribution in [3.05, 3.63) is 45.1 Å². The van der Waals surface area contributed by atoms with Gasteiger partial charge in [-0.1, -0.05) is 29.3 Å². The summed E-state index contributed by atoms with van der Waals surface area (Å²) < 4.78 is 1.31. The van der Waals surface area contributed by atoms with Crippen molar-refractivity contribution in [2.24, 2.45) is 0 Å². The van der Waals surface area contributed by atoms with Gasteiger partial charge in [0.25, 0.3) is 0 Å². The van der Waals surface area contributed by atoms with E-state index in [1.807, 2.05) is 12.1 Å². The molecule has 0 saturated carbocycles. The van der Waals surface area contributed by atoms with Gasteiger partial charge in [-0.2, -0.15) is 15.6 Å². The molecular weight excluding hydrogens is 337 g/mol. The molecule has 0 aliphatic carbocycles. The Kier molecular flexibility index (Phi) is 5.25. The third kappa shape index (κ3) is 3.46. The van der Waals surface area contributed by atoms with E-state index in [1.165, 1.54) is 16.8 Å². The van der Waals surface area contributed by atoms with Gasteiger partial charge < -0.3 is 10.8 Å². The number of aliphatic hydroxyl groups excluding tert-OH is 1. The summed E-state index contributed by atoms with van der Waals surface area (Å²) in [6, 6.07) is 8.71. The van der Waals surface area contributed by atoms with Crippen molar-refractivity contribution in [3.8, 4) is 12.1 Å². The fraction of sp³-hybridized carbons (Fsp3) is 0.133. The van der Waals surface area contributed by atoms with E-state index in [0.29, 0.717) is 15.6 Å². The van der Waals surface area contributed by atoms with Crippen molar-refractivity contribution in [1.29, 1.82) is 10.5 Å². The Morgan fingerprint density at radius 2 is 2.13 bits per heavy atom. The number of aliphatic hydroxyl groups is 1. The van der Waals surface area contributed by atoms with E-state index in [9.17, 15) is 10.5 Å². The Bertz CT molecular complexity index is 858. The standard InChI is InChI=1S/C15H11Cl2N5O/c16-10-1-2-11(13(17)6-10)9(7-18)5-14-12(8-19)15(20)22(21-14)3-4-23/h1-2,5-6,23H,3-4,20H2/b9-5+. The van der Waals surface area contributed by atoms with Gasteiger partial charge in [0.1, 0.15) is 23.1 Å². The van der Waals surface area contributed by atoms with E-state index >= 15 is 0 Å². The van der Waals surface area contributed by atoms with Crippen LogP contribution in [0, 0.1) is 22.7 Å². The van der Waals surface area contributed by atoms with Gasteiger partial charge in [0.15, 0.2) is 0 Å². The number of halogens is 2. The second kappa shape index (κ2) is 7.17. The molecule has 0 aliphatic heterocycles. The Morgan fingerprint density at radius 3 is 2.70 bits per heavy atom. The van der Waals surface area contributed by atoms with Crippen LogP contribution in [-0.4, -0.2) is 21.5 Å². The zero-order valence-electron chi connectivity index (χ0n) is 11.8. The first-order valence-electron chi connectivity index (χ1n) is 6.46. The monoisotopic (exact) mass is 347 g/mol. The number of hydrogen-bond donors (Lipinski definition) is 2. The van der Waals surface area contributed by atoms with Crippen molar-refractivity contribution in [1.82, 2.24) is 9.78 Å². The lowest BCUT2D eigenvalue weighted by atomic mass is 10.0. The maximum Gasteiger partial charge on any atom is 0.140 e. The van der Waals surface area contributed by atoms with Crippen molar-refractivity contribution < 1.29 is 5.11 Å². The zero-order chi connectivity index (χ0) is 17.0. The van der Waals surface area contributed by atoms with Gasteiger partial charge in [0.2, 0.25) is 0 Å². The molecule has 8 heteroatoms. The number of hydrogen-bond acceptors (Lipinski definition) is 5. The molecule has 0 saturated heterocycles. The summed E-state index contributed by atoms with van der Waals surface area (Å²) in [5.74, 6) is 0.132. The van der Waals surface area contributed by atoms with E-state index in [1.54, 1.807) is 12.1 Å². The Labute approximate surface area is 142 Å². The van der Waals surface area contributed by atoms with Crippen LogP contribution in [0.5, 0.6) is 0 Å². The molecule has 1 aromatic carbocycles. The van der Waals surface area contributed by atoms with Gasteiger partial charge in [0, 0.05) is 10.6 Å². The maximum atomic E-state index is 9.38. The summed E-state index contributed by atoms with van der Waals surface area (Å²) >= 11 is 12.0. The number of allylic oxidation sites excluding steroid dienone is 1. The van der Waals surface area contributed by atoms with Gasteiger partial charge >= 0.3 is 0 Å². The molecule has 6 nitrogen and oxygen atoms in total. The highest BCUT2D eigenvalue weighted by Gasteiger charge is 2.15.